The maximum absolute atomic E-state index is 5.25. The van der Waals surface area contributed by atoms with E-state index in [1.807, 2.05) is 43.3 Å². The first kappa shape index (κ1) is 12.4. The molecule has 2 heterocycles. The monoisotopic (exact) mass is 265 g/mol. The highest BCUT2D eigenvalue weighted by molar-refractivity contribution is 5.67. The molecule has 0 amide bonds. The van der Waals surface area contributed by atoms with Crippen molar-refractivity contribution >= 4 is 0 Å². The van der Waals surface area contributed by atoms with Gasteiger partial charge in [0.25, 0.3) is 0 Å². The van der Waals surface area contributed by atoms with Crippen molar-refractivity contribution in [2.75, 3.05) is 7.11 Å². The molecule has 2 aromatic heterocycles. The number of H-pyrrole nitrogens is 1. The summed E-state index contributed by atoms with van der Waals surface area (Å²) in [7, 11) is 1.66. The Morgan fingerprint density at radius 3 is 2.60 bits per heavy atom. The van der Waals surface area contributed by atoms with Crippen LogP contribution in [0, 0.1) is 6.92 Å². The Bertz CT molecular complexity index is 720. The van der Waals surface area contributed by atoms with Gasteiger partial charge in [-0.25, -0.2) is 4.98 Å². The van der Waals surface area contributed by atoms with Gasteiger partial charge in [0.15, 0.2) is 0 Å². The van der Waals surface area contributed by atoms with E-state index in [1.165, 1.54) is 0 Å². The van der Waals surface area contributed by atoms with Crippen LogP contribution in [0.15, 0.2) is 48.8 Å². The highest BCUT2D eigenvalue weighted by atomic mass is 16.5. The summed E-state index contributed by atoms with van der Waals surface area (Å²) in [5.41, 5.74) is 4.05. The number of aryl methyl sites for hydroxylation is 1. The summed E-state index contributed by atoms with van der Waals surface area (Å²) in [6.07, 6.45) is 3.54. The van der Waals surface area contributed by atoms with Gasteiger partial charge >= 0.3 is 0 Å². The van der Waals surface area contributed by atoms with Crippen LogP contribution in [0.3, 0.4) is 0 Å². The molecule has 1 aromatic carbocycles. The van der Waals surface area contributed by atoms with Crippen LogP contribution in [0.4, 0.5) is 0 Å². The van der Waals surface area contributed by atoms with Crippen LogP contribution >= 0.6 is 0 Å². The first-order valence-corrected chi connectivity index (χ1v) is 6.39. The molecule has 0 fully saturated rings. The number of hydrogen-bond acceptors (Lipinski definition) is 3. The summed E-state index contributed by atoms with van der Waals surface area (Å²) in [6, 6.07) is 11.8. The topological polar surface area (TPSA) is 50.8 Å². The lowest BCUT2D eigenvalue weighted by molar-refractivity contribution is 0.415. The minimum atomic E-state index is 0.821. The van der Waals surface area contributed by atoms with Gasteiger partial charge in [-0.15, -0.1) is 0 Å². The van der Waals surface area contributed by atoms with Crippen molar-refractivity contribution in [1.82, 2.24) is 15.0 Å². The molecule has 0 atom stereocenters. The fraction of sp³-hybridized carbons (Fsp3) is 0.125. The van der Waals surface area contributed by atoms with Crippen molar-refractivity contribution in [3.05, 3.63) is 54.5 Å². The van der Waals surface area contributed by atoms with Crippen molar-refractivity contribution < 1.29 is 4.74 Å². The number of nitrogens with zero attached hydrogens (tertiary/aromatic N) is 2. The molecule has 100 valence electrons. The average molecular weight is 265 g/mol. The first-order valence-electron chi connectivity index (χ1n) is 6.39. The quantitative estimate of drug-likeness (QED) is 0.789. The van der Waals surface area contributed by atoms with Crippen LogP contribution in [0.5, 0.6) is 5.75 Å². The predicted octanol–water partition coefficient (Wildman–Crippen LogP) is 3.46. The van der Waals surface area contributed by atoms with E-state index < -0.39 is 0 Å². The molecular formula is C16H15N3O. The second-order valence-corrected chi connectivity index (χ2v) is 4.53. The molecule has 0 aliphatic rings. The molecule has 0 radical (unpaired) electrons. The second-order valence-electron chi connectivity index (χ2n) is 4.53. The van der Waals surface area contributed by atoms with Gasteiger partial charge in [-0.1, -0.05) is 12.1 Å². The lowest BCUT2D eigenvalue weighted by Gasteiger charge is -2.01. The van der Waals surface area contributed by atoms with E-state index in [-0.39, 0.29) is 0 Å². The summed E-state index contributed by atoms with van der Waals surface area (Å²) < 4.78 is 5.25. The third kappa shape index (κ3) is 2.28. The number of ether oxygens (including phenoxy) is 1. The number of nitrogens with one attached hydrogen (secondary N) is 1. The van der Waals surface area contributed by atoms with E-state index in [0.29, 0.717) is 0 Å². The van der Waals surface area contributed by atoms with Gasteiger partial charge in [-0.3, -0.25) is 4.98 Å². The lowest BCUT2D eigenvalue weighted by Crippen LogP contribution is -1.85. The third-order valence-corrected chi connectivity index (χ3v) is 3.18. The zero-order valence-corrected chi connectivity index (χ0v) is 11.4. The molecule has 3 aromatic rings. The van der Waals surface area contributed by atoms with E-state index in [9.17, 15) is 0 Å². The Labute approximate surface area is 117 Å². The number of benzene rings is 1. The zero-order chi connectivity index (χ0) is 13.9. The minimum Gasteiger partial charge on any atom is -0.497 e. The normalized spacial score (nSPS) is 10.5. The lowest BCUT2D eigenvalue weighted by atomic mass is 10.2. The zero-order valence-electron chi connectivity index (χ0n) is 11.4. The maximum Gasteiger partial charge on any atom is 0.138 e. The minimum absolute atomic E-state index is 0.821. The van der Waals surface area contributed by atoms with E-state index >= 15 is 0 Å². The molecule has 3 rings (SSSR count). The van der Waals surface area contributed by atoms with E-state index in [4.69, 9.17) is 4.74 Å². The van der Waals surface area contributed by atoms with Gasteiger partial charge < -0.3 is 9.72 Å². The Hall–Kier alpha value is -2.62. The average Bonchev–Trinajstić information content (AvgIpc) is 2.90. The van der Waals surface area contributed by atoms with Crippen LogP contribution < -0.4 is 4.74 Å². The number of hydrogen-bond donors (Lipinski definition) is 1. The molecule has 0 spiro atoms. The summed E-state index contributed by atoms with van der Waals surface area (Å²) in [5.74, 6) is 1.66. The Morgan fingerprint density at radius 1 is 1.05 bits per heavy atom. The molecule has 0 aliphatic heterocycles. The molecule has 0 aliphatic carbocycles. The standard InChI is InChI=1S/C16H15N3O/c1-11-15(12-6-8-17-9-7-12)19-16(18-11)13-4-3-5-14(10-13)20-2/h3-10H,1-2H3,(H,18,19). The fourth-order valence-electron chi connectivity index (χ4n) is 2.16. The molecule has 1 N–H and O–H groups in total. The van der Waals surface area contributed by atoms with E-state index in [2.05, 4.69) is 15.0 Å². The van der Waals surface area contributed by atoms with E-state index in [1.54, 1.807) is 19.5 Å². The summed E-state index contributed by atoms with van der Waals surface area (Å²) in [5, 5.41) is 0. The number of methoxy groups -OCH3 is 1. The summed E-state index contributed by atoms with van der Waals surface area (Å²) in [6.45, 7) is 2.02. The van der Waals surface area contributed by atoms with Crippen LogP contribution in [0.25, 0.3) is 22.6 Å². The molecule has 0 saturated heterocycles. The molecule has 0 saturated carbocycles. The SMILES string of the molecule is COc1cccc(-c2nc(-c3ccncc3)c(C)[nH]2)c1. The molecule has 0 unspecified atom stereocenters. The van der Waals surface area contributed by atoms with Gasteiger partial charge in [-0.2, -0.15) is 0 Å². The predicted molar refractivity (Wildman–Crippen MR) is 78.5 cm³/mol. The van der Waals surface area contributed by atoms with Crippen LogP contribution in [0.1, 0.15) is 5.69 Å². The third-order valence-electron chi connectivity index (χ3n) is 3.18. The fourth-order valence-corrected chi connectivity index (χ4v) is 2.16. The van der Waals surface area contributed by atoms with Gasteiger partial charge in [0.05, 0.1) is 12.8 Å². The Kier molecular flexibility index (Phi) is 3.21. The number of imidazole rings is 1. The molecule has 4 nitrogen and oxygen atoms in total. The largest absolute Gasteiger partial charge is 0.497 e. The smallest absolute Gasteiger partial charge is 0.138 e. The molecular weight excluding hydrogens is 250 g/mol. The molecule has 4 heteroatoms. The maximum atomic E-state index is 5.25. The van der Waals surface area contributed by atoms with Crippen molar-refractivity contribution in [2.45, 2.75) is 6.92 Å². The van der Waals surface area contributed by atoms with Gasteiger partial charge in [0.2, 0.25) is 0 Å². The first-order chi connectivity index (χ1) is 9.78. The van der Waals surface area contributed by atoms with Crippen LogP contribution in [0.2, 0.25) is 0 Å². The Balaban J connectivity index is 2.04. The number of aromatic nitrogens is 3. The number of aromatic amines is 1. The second kappa shape index (κ2) is 5.17. The van der Waals surface area contributed by atoms with Crippen LogP contribution in [-0.2, 0) is 0 Å². The summed E-state index contributed by atoms with van der Waals surface area (Å²) >= 11 is 0. The van der Waals surface area contributed by atoms with Crippen molar-refractivity contribution in [2.24, 2.45) is 0 Å². The van der Waals surface area contributed by atoms with E-state index in [0.717, 1.165) is 34.1 Å². The molecule has 20 heavy (non-hydrogen) atoms. The number of pyridine rings is 1. The van der Waals surface area contributed by atoms with Crippen molar-refractivity contribution in [1.29, 1.82) is 0 Å². The highest BCUT2D eigenvalue weighted by Gasteiger charge is 2.10. The summed E-state index contributed by atoms with van der Waals surface area (Å²) in [4.78, 5) is 12.0. The number of rotatable bonds is 3. The Morgan fingerprint density at radius 2 is 1.85 bits per heavy atom. The van der Waals surface area contributed by atoms with Gasteiger partial charge in [0, 0.05) is 29.2 Å². The van der Waals surface area contributed by atoms with Crippen molar-refractivity contribution in [3.63, 3.8) is 0 Å². The van der Waals surface area contributed by atoms with Crippen molar-refractivity contribution in [3.8, 4) is 28.4 Å². The van der Waals surface area contributed by atoms with Crippen LogP contribution in [-0.4, -0.2) is 22.1 Å². The van der Waals surface area contributed by atoms with Gasteiger partial charge in [0.1, 0.15) is 11.6 Å². The molecule has 0 bridgehead atoms. The van der Waals surface area contributed by atoms with Gasteiger partial charge in [-0.05, 0) is 31.2 Å². The highest BCUT2D eigenvalue weighted by Crippen LogP contribution is 2.26.